The smallest absolute Gasteiger partial charge is 0.275 e. The maximum absolute atomic E-state index is 12.8. The summed E-state index contributed by atoms with van der Waals surface area (Å²) in [7, 11) is -2.79. The van der Waals surface area contributed by atoms with Crippen LogP contribution in [0.3, 0.4) is 0 Å². The number of aromatic nitrogens is 2. The molecule has 116 valence electrons. The van der Waals surface area contributed by atoms with Crippen LogP contribution in [-0.2, 0) is 23.2 Å². The highest BCUT2D eigenvalue weighted by Crippen LogP contribution is 2.35. The third-order valence-corrected chi connectivity index (χ3v) is 5.74. The third kappa shape index (κ3) is 3.21. The van der Waals surface area contributed by atoms with Crippen molar-refractivity contribution < 1.29 is 21.6 Å². The standard InChI is InChI=1S/C11H12F3N3O2S2/c1-6-4-9(20-7(6)2)21(18,19)16-8-5-17(3)15-10(8)11(12,13)14/h4-5,16H,1-3H3. The van der Waals surface area contributed by atoms with Crippen LogP contribution in [0.2, 0.25) is 0 Å². The molecule has 0 aliphatic carbocycles. The molecule has 0 fully saturated rings. The van der Waals surface area contributed by atoms with Crippen LogP contribution in [0.5, 0.6) is 0 Å². The first-order chi connectivity index (χ1) is 9.50. The summed E-state index contributed by atoms with van der Waals surface area (Å²) in [5.74, 6) is 0. The highest BCUT2D eigenvalue weighted by atomic mass is 32.2. The van der Waals surface area contributed by atoms with Gasteiger partial charge in [-0.25, -0.2) is 8.42 Å². The number of sulfonamides is 1. The zero-order chi connectivity index (χ0) is 16.0. The van der Waals surface area contributed by atoms with Crippen LogP contribution in [0.1, 0.15) is 16.1 Å². The Labute approximate surface area is 123 Å². The van der Waals surface area contributed by atoms with E-state index in [1.165, 1.54) is 13.1 Å². The fourth-order valence-electron chi connectivity index (χ4n) is 1.64. The fourth-order valence-corrected chi connectivity index (χ4v) is 4.21. The summed E-state index contributed by atoms with van der Waals surface area (Å²) in [4.78, 5) is 0.789. The van der Waals surface area contributed by atoms with Gasteiger partial charge in [0.25, 0.3) is 10.0 Å². The monoisotopic (exact) mass is 339 g/mol. The van der Waals surface area contributed by atoms with Gasteiger partial charge in [0.2, 0.25) is 0 Å². The van der Waals surface area contributed by atoms with Gasteiger partial charge in [-0.05, 0) is 25.5 Å². The normalized spacial score (nSPS) is 12.7. The van der Waals surface area contributed by atoms with Crippen LogP contribution < -0.4 is 4.72 Å². The first-order valence-corrected chi connectivity index (χ1v) is 8.01. The Kier molecular flexibility index (Phi) is 3.79. The number of hydrogen-bond donors (Lipinski definition) is 1. The molecule has 10 heteroatoms. The van der Waals surface area contributed by atoms with Crippen LogP contribution in [0, 0.1) is 13.8 Å². The molecule has 5 nitrogen and oxygen atoms in total. The number of alkyl halides is 3. The second-order valence-electron chi connectivity index (χ2n) is 4.47. The lowest BCUT2D eigenvalue weighted by molar-refractivity contribution is -0.140. The van der Waals surface area contributed by atoms with Gasteiger partial charge in [0, 0.05) is 18.1 Å². The lowest BCUT2D eigenvalue weighted by atomic mass is 10.3. The van der Waals surface area contributed by atoms with Crippen molar-refractivity contribution in [1.82, 2.24) is 9.78 Å². The molecule has 0 aromatic carbocycles. The van der Waals surface area contributed by atoms with Crippen LogP contribution in [0.15, 0.2) is 16.5 Å². The number of hydrogen-bond acceptors (Lipinski definition) is 4. The molecule has 0 aliphatic heterocycles. The zero-order valence-electron chi connectivity index (χ0n) is 11.3. The van der Waals surface area contributed by atoms with E-state index in [9.17, 15) is 21.6 Å². The van der Waals surface area contributed by atoms with E-state index in [2.05, 4.69) is 5.10 Å². The van der Waals surface area contributed by atoms with Gasteiger partial charge in [0.05, 0.1) is 5.69 Å². The second kappa shape index (κ2) is 5.02. The predicted molar refractivity (Wildman–Crippen MR) is 72.8 cm³/mol. The number of rotatable bonds is 3. The molecule has 0 aliphatic rings. The largest absolute Gasteiger partial charge is 0.437 e. The van der Waals surface area contributed by atoms with E-state index < -0.39 is 27.6 Å². The zero-order valence-corrected chi connectivity index (χ0v) is 12.9. The molecule has 0 spiro atoms. The molecule has 2 aromatic rings. The molecule has 0 bridgehead atoms. The number of thiophene rings is 1. The quantitative estimate of drug-likeness (QED) is 0.935. The molecular formula is C11H12F3N3O2S2. The van der Waals surface area contributed by atoms with E-state index in [1.54, 1.807) is 13.8 Å². The molecule has 0 saturated heterocycles. The highest BCUT2D eigenvalue weighted by molar-refractivity contribution is 7.94. The fraction of sp³-hybridized carbons (Fsp3) is 0.364. The summed E-state index contributed by atoms with van der Waals surface area (Å²) < 4.78 is 65.5. The van der Waals surface area contributed by atoms with Gasteiger partial charge in [0.15, 0.2) is 5.69 Å². The summed E-state index contributed by atoms with van der Waals surface area (Å²) >= 11 is 1.00. The highest BCUT2D eigenvalue weighted by Gasteiger charge is 2.38. The van der Waals surface area contributed by atoms with Gasteiger partial charge < -0.3 is 0 Å². The van der Waals surface area contributed by atoms with Crippen molar-refractivity contribution in [3.63, 3.8) is 0 Å². The molecule has 0 amide bonds. The van der Waals surface area contributed by atoms with Gasteiger partial charge in [-0.15, -0.1) is 11.3 Å². The SMILES string of the molecule is Cc1cc(S(=O)(=O)Nc2cn(C)nc2C(F)(F)F)sc1C. The topological polar surface area (TPSA) is 64.0 Å². The summed E-state index contributed by atoms with van der Waals surface area (Å²) in [6.07, 6.45) is -3.76. The minimum Gasteiger partial charge on any atom is -0.275 e. The number of anilines is 1. The van der Waals surface area contributed by atoms with Crippen molar-refractivity contribution >= 4 is 27.0 Å². The lowest BCUT2D eigenvalue weighted by Crippen LogP contribution is -2.15. The van der Waals surface area contributed by atoms with E-state index in [1.807, 2.05) is 4.72 Å². The van der Waals surface area contributed by atoms with E-state index in [0.29, 0.717) is 0 Å². The molecule has 0 radical (unpaired) electrons. The maximum atomic E-state index is 12.8. The Morgan fingerprint density at radius 3 is 2.43 bits per heavy atom. The molecule has 21 heavy (non-hydrogen) atoms. The lowest BCUT2D eigenvalue weighted by Gasteiger charge is -2.08. The van der Waals surface area contributed by atoms with Crippen LogP contribution >= 0.6 is 11.3 Å². The molecular weight excluding hydrogens is 327 g/mol. The van der Waals surface area contributed by atoms with E-state index >= 15 is 0 Å². The van der Waals surface area contributed by atoms with Crippen molar-refractivity contribution in [1.29, 1.82) is 0 Å². The molecule has 0 unspecified atom stereocenters. The van der Waals surface area contributed by atoms with Crippen molar-refractivity contribution in [2.45, 2.75) is 24.2 Å². The Morgan fingerprint density at radius 2 is 1.95 bits per heavy atom. The minimum absolute atomic E-state index is 0.0329. The Hall–Kier alpha value is -1.55. The number of nitrogens with zero attached hydrogens (tertiary/aromatic N) is 2. The third-order valence-electron chi connectivity index (χ3n) is 2.75. The van der Waals surface area contributed by atoms with E-state index in [-0.39, 0.29) is 4.21 Å². The van der Waals surface area contributed by atoms with Crippen molar-refractivity contribution in [2.24, 2.45) is 7.05 Å². The van der Waals surface area contributed by atoms with Crippen molar-refractivity contribution in [3.8, 4) is 0 Å². The molecule has 1 N–H and O–H groups in total. The van der Waals surface area contributed by atoms with Crippen LogP contribution in [0.4, 0.5) is 18.9 Å². The summed E-state index contributed by atoms with van der Waals surface area (Å²) in [5, 5.41) is 3.25. The van der Waals surface area contributed by atoms with Gasteiger partial charge >= 0.3 is 6.18 Å². The molecule has 2 rings (SSSR count). The van der Waals surface area contributed by atoms with Crippen LogP contribution in [-0.4, -0.2) is 18.2 Å². The van der Waals surface area contributed by atoms with Gasteiger partial charge in [-0.3, -0.25) is 9.40 Å². The Bertz CT molecular complexity index is 756. The molecule has 2 aromatic heterocycles. The first kappa shape index (κ1) is 15.8. The summed E-state index contributed by atoms with van der Waals surface area (Å²) in [6.45, 7) is 3.47. The number of nitrogens with one attached hydrogen (secondary N) is 1. The summed E-state index contributed by atoms with van der Waals surface area (Å²) in [6, 6.07) is 1.42. The average molecular weight is 339 g/mol. The molecule has 0 atom stereocenters. The average Bonchev–Trinajstić information content (AvgIpc) is 2.82. The minimum atomic E-state index is -4.74. The van der Waals surface area contributed by atoms with E-state index in [4.69, 9.17) is 0 Å². The van der Waals surface area contributed by atoms with Crippen molar-refractivity contribution in [3.05, 3.63) is 28.4 Å². The van der Waals surface area contributed by atoms with Crippen molar-refractivity contribution in [2.75, 3.05) is 4.72 Å². The maximum Gasteiger partial charge on any atom is 0.437 e. The summed E-state index contributed by atoms with van der Waals surface area (Å²) in [5.41, 5.74) is -1.09. The molecule has 0 saturated carbocycles. The van der Waals surface area contributed by atoms with Gasteiger partial charge in [0.1, 0.15) is 4.21 Å². The predicted octanol–water partition coefficient (Wildman–Crippen LogP) is 2.92. The number of aryl methyl sites for hydroxylation is 3. The van der Waals surface area contributed by atoms with Crippen LogP contribution in [0.25, 0.3) is 0 Å². The molecule has 2 heterocycles. The Balaban J connectivity index is 2.42. The first-order valence-electron chi connectivity index (χ1n) is 5.71. The van der Waals surface area contributed by atoms with E-state index in [0.717, 1.165) is 32.7 Å². The second-order valence-corrected chi connectivity index (χ2v) is 7.64. The van der Waals surface area contributed by atoms with Gasteiger partial charge in [-0.2, -0.15) is 18.3 Å². The van der Waals surface area contributed by atoms with Gasteiger partial charge in [-0.1, -0.05) is 0 Å². The number of halogens is 3. The Morgan fingerprint density at radius 1 is 1.33 bits per heavy atom.